The quantitative estimate of drug-likeness (QED) is 0.363. The zero-order valence-corrected chi connectivity index (χ0v) is 19.7. The van der Waals surface area contributed by atoms with Gasteiger partial charge in [0.1, 0.15) is 0 Å². The standard InChI is InChI=1S/C25H30N3OPS/c1-2-30-15-13-28(14-16-30)12-11-19-5-7-20(8-6-19)25(29)27-23-18-21(9-10-22(23)26)24-4-3-17-31-24/h3-10,17-18H,2,11-16,26H2,1H3,(H,27,29). The zero-order valence-electron chi connectivity index (χ0n) is 18.0. The maximum Gasteiger partial charge on any atom is 0.255 e. The van der Waals surface area contributed by atoms with Crippen LogP contribution in [-0.2, 0) is 6.42 Å². The van der Waals surface area contributed by atoms with E-state index >= 15 is 0 Å². The molecule has 1 amide bonds. The Morgan fingerprint density at radius 2 is 1.90 bits per heavy atom. The third kappa shape index (κ3) is 5.74. The summed E-state index contributed by atoms with van der Waals surface area (Å²) in [5, 5.41) is 5.02. The third-order valence-electron chi connectivity index (χ3n) is 5.95. The van der Waals surface area contributed by atoms with Crippen molar-refractivity contribution in [1.82, 2.24) is 4.90 Å². The minimum absolute atomic E-state index is 0.134. The van der Waals surface area contributed by atoms with Crippen LogP contribution in [0.1, 0.15) is 22.8 Å². The van der Waals surface area contributed by atoms with Gasteiger partial charge in [0.15, 0.2) is 0 Å². The highest BCUT2D eigenvalue weighted by Crippen LogP contribution is 2.37. The van der Waals surface area contributed by atoms with Gasteiger partial charge in [0.2, 0.25) is 0 Å². The van der Waals surface area contributed by atoms with E-state index in [-0.39, 0.29) is 5.91 Å². The molecule has 0 bridgehead atoms. The first-order valence-corrected chi connectivity index (χ1v) is 13.7. The zero-order chi connectivity index (χ0) is 21.6. The van der Waals surface area contributed by atoms with E-state index in [1.54, 1.807) is 11.3 Å². The summed E-state index contributed by atoms with van der Waals surface area (Å²) in [5.74, 6) is -0.134. The summed E-state index contributed by atoms with van der Waals surface area (Å²) >= 11 is 1.67. The van der Waals surface area contributed by atoms with Crippen LogP contribution in [0, 0.1) is 0 Å². The lowest BCUT2D eigenvalue weighted by molar-refractivity contribution is 0.102. The molecule has 162 valence electrons. The smallest absolute Gasteiger partial charge is 0.255 e. The Bertz CT molecular complexity index is 996. The summed E-state index contributed by atoms with van der Waals surface area (Å²) in [5.41, 5.74) is 10.3. The second kappa shape index (κ2) is 10.4. The van der Waals surface area contributed by atoms with Crippen LogP contribution in [0.4, 0.5) is 11.4 Å². The SMILES string of the molecule is CCP1CCN(CCc2ccc(C(=O)Nc3cc(-c4cccs4)ccc3N)cc2)CC1. The van der Waals surface area contributed by atoms with E-state index in [1.807, 2.05) is 41.8 Å². The van der Waals surface area contributed by atoms with Crippen LogP contribution in [0.3, 0.4) is 0 Å². The molecule has 0 atom stereocenters. The van der Waals surface area contributed by atoms with Gasteiger partial charge in [-0.1, -0.05) is 31.2 Å². The minimum Gasteiger partial charge on any atom is -0.397 e. The molecular formula is C25H30N3OPS. The fourth-order valence-electron chi connectivity index (χ4n) is 3.89. The van der Waals surface area contributed by atoms with Crippen LogP contribution in [-0.4, -0.2) is 48.9 Å². The molecule has 4 rings (SSSR count). The lowest BCUT2D eigenvalue weighted by Gasteiger charge is -2.31. The van der Waals surface area contributed by atoms with Crippen molar-refractivity contribution in [3.8, 4) is 10.4 Å². The fourth-order valence-corrected chi connectivity index (χ4v) is 6.61. The van der Waals surface area contributed by atoms with Crippen molar-refractivity contribution < 1.29 is 4.79 Å². The van der Waals surface area contributed by atoms with Gasteiger partial charge in [-0.05, 0) is 71.7 Å². The molecule has 1 saturated heterocycles. The van der Waals surface area contributed by atoms with Crippen molar-refractivity contribution in [2.75, 3.05) is 49.2 Å². The highest BCUT2D eigenvalue weighted by atomic mass is 32.1. The van der Waals surface area contributed by atoms with E-state index in [1.165, 1.54) is 37.1 Å². The Labute approximate surface area is 190 Å². The number of nitrogen functional groups attached to an aromatic ring is 1. The Morgan fingerprint density at radius 3 is 2.58 bits per heavy atom. The van der Waals surface area contributed by atoms with Crippen molar-refractivity contribution in [2.24, 2.45) is 0 Å². The maximum atomic E-state index is 12.8. The van der Waals surface area contributed by atoms with E-state index in [9.17, 15) is 4.79 Å². The van der Waals surface area contributed by atoms with Gasteiger partial charge in [-0.3, -0.25) is 4.79 Å². The summed E-state index contributed by atoms with van der Waals surface area (Å²) in [6, 6.07) is 17.8. The van der Waals surface area contributed by atoms with Gasteiger partial charge >= 0.3 is 0 Å². The molecule has 2 heterocycles. The normalized spacial score (nSPS) is 15.1. The average molecular weight is 452 g/mol. The summed E-state index contributed by atoms with van der Waals surface area (Å²) in [6.45, 7) is 5.91. The van der Waals surface area contributed by atoms with Crippen LogP contribution in [0.5, 0.6) is 0 Å². The number of hydrogen-bond donors (Lipinski definition) is 2. The molecule has 6 heteroatoms. The van der Waals surface area contributed by atoms with E-state index in [2.05, 4.69) is 35.3 Å². The van der Waals surface area contributed by atoms with Crippen molar-refractivity contribution in [3.63, 3.8) is 0 Å². The molecule has 3 N–H and O–H groups in total. The molecule has 0 aliphatic carbocycles. The lowest BCUT2D eigenvalue weighted by atomic mass is 10.1. The monoisotopic (exact) mass is 451 g/mol. The average Bonchev–Trinajstić information content (AvgIpc) is 3.35. The topological polar surface area (TPSA) is 58.4 Å². The summed E-state index contributed by atoms with van der Waals surface area (Å²) in [7, 11) is 0.296. The molecule has 4 nitrogen and oxygen atoms in total. The highest BCUT2D eigenvalue weighted by molar-refractivity contribution is 7.57. The minimum atomic E-state index is -0.134. The van der Waals surface area contributed by atoms with E-state index in [0.717, 1.165) is 23.4 Å². The van der Waals surface area contributed by atoms with Gasteiger partial charge in [-0.25, -0.2) is 0 Å². The third-order valence-corrected chi connectivity index (χ3v) is 9.43. The molecule has 3 aromatic rings. The second-order valence-corrected chi connectivity index (χ2v) is 11.8. The summed E-state index contributed by atoms with van der Waals surface area (Å²) in [4.78, 5) is 16.5. The molecule has 0 radical (unpaired) electrons. The Kier molecular flexibility index (Phi) is 7.39. The van der Waals surface area contributed by atoms with E-state index in [4.69, 9.17) is 5.73 Å². The molecule has 1 aromatic heterocycles. The van der Waals surface area contributed by atoms with Crippen LogP contribution in [0.2, 0.25) is 0 Å². The molecule has 1 fully saturated rings. The predicted octanol–water partition coefficient (Wildman–Crippen LogP) is 5.61. The number of benzene rings is 2. The number of carbonyl (C=O) groups excluding carboxylic acids is 1. The predicted molar refractivity (Wildman–Crippen MR) is 136 cm³/mol. The molecular weight excluding hydrogens is 421 g/mol. The van der Waals surface area contributed by atoms with E-state index < -0.39 is 0 Å². The highest BCUT2D eigenvalue weighted by Gasteiger charge is 2.17. The van der Waals surface area contributed by atoms with Crippen molar-refractivity contribution >= 4 is 36.5 Å². The largest absolute Gasteiger partial charge is 0.397 e. The number of thiophene rings is 1. The number of nitrogens with zero attached hydrogens (tertiary/aromatic N) is 1. The lowest BCUT2D eigenvalue weighted by Crippen LogP contribution is -2.35. The number of rotatable bonds is 7. The molecule has 0 saturated carbocycles. The van der Waals surface area contributed by atoms with Gasteiger partial charge in [-0.2, -0.15) is 0 Å². The van der Waals surface area contributed by atoms with Crippen molar-refractivity contribution in [3.05, 3.63) is 71.1 Å². The van der Waals surface area contributed by atoms with Crippen LogP contribution < -0.4 is 11.1 Å². The van der Waals surface area contributed by atoms with Gasteiger partial charge in [0, 0.05) is 30.1 Å². The van der Waals surface area contributed by atoms with Gasteiger partial charge in [0.05, 0.1) is 11.4 Å². The first kappa shape index (κ1) is 22.0. The summed E-state index contributed by atoms with van der Waals surface area (Å²) < 4.78 is 0. The Morgan fingerprint density at radius 1 is 1.13 bits per heavy atom. The number of nitrogens with two attached hydrogens (primary N) is 1. The van der Waals surface area contributed by atoms with Crippen LogP contribution >= 0.6 is 19.3 Å². The number of amides is 1. The molecule has 31 heavy (non-hydrogen) atoms. The fraction of sp³-hybridized carbons (Fsp3) is 0.320. The number of hydrogen-bond acceptors (Lipinski definition) is 4. The first-order chi connectivity index (χ1) is 15.1. The Balaban J connectivity index is 1.34. The number of nitrogens with one attached hydrogen (secondary N) is 1. The van der Waals surface area contributed by atoms with Crippen molar-refractivity contribution in [1.29, 1.82) is 0 Å². The molecule has 0 spiro atoms. The number of carbonyl (C=O) groups is 1. The van der Waals surface area contributed by atoms with Gasteiger partial charge < -0.3 is 16.0 Å². The maximum absolute atomic E-state index is 12.8. The van der Waals surface area contributed by atoms with Crippen LogP contribution in [0.15, 0.2) is 60.0 Å². The second-order valence-electron chi connectivity index (χ2n) is 7.96. The Hall–Kier alpha value is -2.20. The number of anilines is 2. The first-order valence-electron chi connectivity index (χ1n) is 10.9. The van der Waals surface area contributed by atoms with Gasteiger partial charge in [-0.15, -0.1) is 19.3 Å². The van der Waals surface area contributed by atoms with Crippen LogP contribution in [0.25, 0.3) is 10.4 Å². The van der Waals surface area contributed by atoms with E-state index in [0.29, 0.717) is 24.9 Å². The molecule has 1 aliphatic rings. The summed E-state index contributed by atoms with van der Waals surface area (Å²) in [6.07, 6.45) is 5.18. The molecule has 2 aromatic carbocycles. The van der Waals surface area contributed by atoms with Gasteiger partial charge in [0.25, 0.3) is 5.91 Å². The molecule has 0 unspecified atom stereocenters. The van der Waals surface area contributed by atoms with Crippen molar-refractivity contribution in [2.45, 2.75) is 13.3 Å². The molecule has 1 aliphatic heterocycles.